The van der Waals surface area contributed by atoms with Crippen LogP contribution in [0.15, 0.2) is 57.5 Å². The van der Waals surface area contributed by atoms with Crippen molar-refractivity contribution in [2.24, 2.45) is 0 Å². The lowest BCUT2D eigenvalue weighted by molar-refractivity contribution is -0.130. The number of hydrogen-bond donors (Lipinski definition) is 0. The molecule has 0 unspecified atom stereocenters. The van der Waals surface area contributed by atoms with Gasteiger partial charge < -0.3 is 13.8 Å². The van der Waals surface area contributed by atoms with Crippen LogP contribution in [0.2, 0.25) is 5.02 Å². The Hall–Kier alpha value is -3.12. The number of nitrogens with zero attached hydrogens (tertiary/aromatic N) is 3. The second kappa shape index (κ2) is 9.35. The topological polar surface area (TPSA) is 72.4 Å². The van der Waals surface area contributed by atoms with Gasteiger partial charge in [-0.25, -0.2) is 0 Å². The van der Waals surface area contributed by atoms with E-state index in [2.05, 4.69) is 17.1 Å². The van der Waals surface area contributed by atoms with Crippen LogP contribution in [0.4, 0.5) is 0 Å². The second-order valence-electron chi connectivity index (χ2n) is 7.48. The van der Waals surface area contributed by atoms with E-state index in [-0.39, 0.29) is 5.91 Å². The standard InChI is InChI=1S/C24H24ClN3O3/c1-3-20-19(18-7-4-5-8-21(18)30-20)15-28(2)23(29)10-6-9-22-26-24(27-31-22)16-11-13-17(25)14-12-16/h4-5,7-8,11-14H,3,6,9-10,15H2,1-2H3. The molecule has 2 heterocycles. The van der Waals surface area contributed by atoms with Crippen molar-refractivity contribution in [1.82, 2.24) is 15.0 Å². The smallest absolute Gasteiger partial charge is 0.226 e. The summed E-state index contributed by atoms with van der Waals surface area (Å²) in [5.74, 6) is 2.05. The van der Waals surface area contributed by atoms with E-state index in [4.69, 9.17) is 20.5 Å². The number of amides is 1. The summed E-state index contributed by atoms with van der Waals surface area (Å²) in [5.41, 5.74) is 2.79. The van der Waals surface area contributed by atoms with Gasteiger partial charge in [-0.1, -0.05) is 41.9 Å². The van der Waals surface area contributed by atoms with Crippen LogP contribution in [-0.4, -0.2) is 28.0 Å². The van der Waals surface area contributed by atoms with Crippen molar-refractivity contribution >= 4 is 28.5 Å². The van der Waals surface area contributed by atoms with Crippen LogP contribution in [-0.2, 0) is 24.2 Å². The second-order valence-corrected chi connectivity index (χ2v) is 7.91. The molecule has 0 aliphatic heterocycles. The maximum Gasteiger partial charge on any atom is 0.226 e. The zero-order valence-corrected chi connectivity index (χ0v) is 18.4. The van der Waals surface area contributed by atoms with Crippen LogP contribution < -0.4 is 0 Å². The lowest BCUT2D eigenvalue weighted by atomic mass is 10.1. The lowest BCUT2D eigenvalue weighted by Crippen LogP contribution is -2.26. The zero-order chi connectivity index (χ0) is 21.8. The Labute approximate surface area is 185 Å². The largest absolute Gasteiger partial charge is 0.461 e. The van der Waals surface area contributed by atoms with Crippen LogP contribution >= 0.6 is 11.6 Å². The van der Waals surface area contributed by atoms with Gasteiger partial charge in [-0.05, 0) is 36.8 Å². The molecule has 7 heteroatoms. The summed E-state index contributed by atoms with van der Waals surface area (Å²) in [6.07, 6.45) is 2.39. The van der Waals surface area contributed by atoms with Gasteiger partial charge in [0.1, 0.15) is 11.3 Å². The summed E-state index contributed by atoms with van der Waals surface area (Å²) in [7, 11) is 1.83. The van der Waals surface area contributed by atoms with Crippen molar-refractivity contribution in [2.75, 3.05) is 7.05 Å². The van der Waals surface area contributed by atoms with E-state index < -0.39 is 0 Å². The number of aryl methyl sites for hydroxylation is 2. The van der Waals surface area contributed by atoms with E-state index in [0.717, 1.165) is 34.3 Å². The maximum absolute atomic E-state index is 12.7. The predicted octanol–water partition coefficient (Wildman–Crippen LogP) is 5.68. The highest BCUT2D eigenvalue weighted by Gasteiger charge is 2.17. The van der Waals surface area contributed by atoms with Crippen molar-refractivity contribution in [3.05, 3.63) is 70.8 Å². The normalized spacial score (nSPS) is 11.2. The molecule has 2 aromatic carbocycles. The number of furan rings is 1. The average molecular weight is 438 g/mol. The van der Waals surface area contributed by atoms with Crippen molar-refractivity contribution in [3.63, 3.8) is 0 Å². The number of para-hydroxylation sites is 1. The molecular weight excluding hydrogens is 414 g/mol. The molecule has 0 saturated carbocycles. The van der Waals surface area contributed by atoms with Crippen molar-refractivity contribution in [3.8, 4) is 11.4 Å². The molecule has 0 radical (unpaired) electrons. The zero-order valence-electron chi connectivity index (χ0n) is 17.6. The first-order chi connectivity index (χ1) is 15.0. The van der Waals surface area contributed by atoms with Crippen molar-refractivity contribution in [2.45, 2.75) is 39.2 Å². The van der Waals surface area contributed by atoms with Crippen LogP contribution in [0.25, 0.3) is 22.4 Å². The van der Waals surface area contributed by atoms with Gasteiger partial charge in [0.05, 0.1) is 0 Å². The molecule has 160 valence electrons. The molecule has 0 saturated heterocycles. The number of fused-ring (bicyclic) bond motifs is 1. The predicted molar refractivity (Wildman–Crippen MR) is 120 cm³/mol. The third kappa shape index (κ3) is 4.80. The first kappa shape index (κ1) is 21.1. The van der Waals surface area contributed by atoms with Gasteiger partial charge in [-0.15, -0.1) is 0 Å². The molecule has 4 rings (SSSR count). The van der Waals surface area contributed by atoms with E-state index in [1.807, 2.05) is 43.4 Å². The van der Waals surface area contributed by atoms with Crippen molar-refractivity contribution in [1.29, 1.82) is 0 Å². The van der Waals surface area contributed by atoms with Crippen LogP contribution in [0.5, 0.6) is 0 Å². The number of rotatable bonds is 8. The number of carbonyl (C=O) groups is 1. The van der Waals surface area contributed by atoms with Gasteiger partial charge in [0.2, 0.25) is 17.6 Å². The summed E-state index contributed by atoms with van der Waals surface area (Å²) < 4.78 is 11.3. The minimum atomic E-state index is 0.0739. The fourth-order valence-corrected chi connectivity index (χ4v) is 3.71. The number of aromatic nitrogens is 2. The Kier molecular flexibility index (Phi) is 6.37. The van der Waals surface area contributed by atoms with Gasteiger partial charge in [-0.2, -0.15) is 4.98 Å². The molecule has 0 bridgehead atoms. The summed E-state index contributed by atoms with van der Waals surface area (Å²) in [5, 5.41) is 5.74. The van der Waals surface area contributed by atoms with Crippen LogP contribution in [0, 0.1) is 0 Å². The number of hydrogen-bond acceptors (Lipinski definition) is 5. The fraction of sp³-hybridized carbons (Fsp3) is 0.292. The van der Waals surface area contributed by atoms with Gasteiger partial charge in [0.25, 0.3) is 0 Å². The van der Waals surface area contributed by atoms with E-state index in [0.29, 0.717) is 42.5 Å². The quantitative estimate of drug-likeness (QED) is 0.354. The minimum Gasteiger partial charge on any atom is -0.461 e. The first-order valence-electron chi connectivity index (χ1n) is 10.4. The molecule has 0 spiro atoms. The maximum atomic E-state index is 12.7. The van der Waals surface area contributed by atoms with Crippen LogP contribution in [0.3, 0.4) is 0 Å². The molecule has 0 aliphatic rings. The highest BCUT2D eigenvalue weighted by molar-refractivity contribution is 6.30. The molecule has 31 heavy (non-hydrogen) atoms. The van der Waals surface area contributed by atoms with E-state index in [1.165, 1.54) is 0 Å². The molecule has 4 aromatic rings. The molecule has 0 aliphatic carbocycles. The van der Waals surface area contributed by atoms with E-state index >= 15 is 0 Å². The minimum absolute atomic E-state index is 0.0739. The Balaban J connectivity index is 1.33. The first-order valence-corrected chi connectivity index (χ1v) is 10.7. The Morgan fingerprint density at radius 1 is 1.13 bits per heavy atom. The number of halogens is 1. The molecule has 2 aromatic heterocycles. The number of carbonyl (C=O) groups excluding carboxylic acids is 1. The Morgan fingerprint density at radius 2 is 1.90 bits per heavy atom. The molecule has 6 nitrogen and oxygen atoms in total. The molecule has 1 amide bonds. The summed E-state index contributed by atoms with van der Waals surface area (Å²) >= 11 is 5.91. The molecule has 0 N–H and O–H groups in total. The van der Waals surface area contributed by atoms with Gasteiger partial charge in [0.15, 0.2) is 0 Å². The van der Waals surface area contributed by atoms with Gasteiger partial charge in [-0.3, -0.25) is 4.79 Å². The summed E-state index contributed by atoms with van der Waals surface area (Å²) in [4.78, 5) is 18.8. The van der Waals surface area contributed by atoms with Gasteiger partial charge >= 0.3 is 0 Å². The monoisotopic (exact) mass is 437 g/mol. The van der Waals surface area contributed by atoms with E-state index in [1.54, 1.807) is 17.0 Å². The summed E-state index contributed by atoms with van der Waals surface area (Å²) in [6.45, 7) is 2.59. The fourth-order valence-electron chi connectivity index (χ4n) is 3.59. The SMILES string of the molecule is CCc1oc2ccccc2c1CN(C)C(=O)CCCc1nc(-c2ccc(Cl)cc2)no1. The molecule has 0 atom stereocenters. The summed E-state index contributed by atoms with van der Waals surface area (Å²) in [6, 6.07) is 15.2. The van der Waals surface area contributed by atoms with Crippen LogP contribution in [0.1, 0.15) is 37.0 Å². The Bertz CT molecular complexity index is 1180. The molecular formula is C24H24ClN3O3. The Morgan fingerprint density at radius 3 is 2.68 bits per heavy atom. The molecule has 0 fully saturated rings. The number of benzene rings is 2. The third-order valence-corrected chi connectivity index (χ3v) is 5.53. The highest BCUT2D eigenvalue weighted by atomic mass is 35.5. The highest BCUT2D eigenvalue weighted by Crippen LogP contribution is 2.27. The average Bonchev–Trinajstić information content (AvgIpc) is 3.39. The lowest BCUT2D eigenvalue weighted by Gasteiger charge is -2.17. The van der Waals surface area contributed by atoms with Gasteiger partial charge in [0, 0.05) is 54.4 Å². The van der Waals surface area contributed by atoms with Crippen molar-refractivity contribution < 1.29 is 13.7 Å². The third-order valence-electron chi connectivity index (χ3n) is 5.28. The van der Waals surface area contributed by atoms with E-state index in [9.17, 15) is 4.79 Å².